The summed E-state index contributed by atoms with van der Waals surface area (Å²) in [5, 5.41) is 0.485. The Hall–Kier alpha value is -1.02. The average Bonchev–Trinajstić information content (AvgIpc) is 2.18. The maximum Gasteiger partial charge on any atom is 0.150 e. The summed E-state index contributed by atoms with van der Waals surface area (Å²) in [4.78, 5) is 10.5. The van der Waals surface area contributed by atoms with Crippen LogP contribution in [0.3, 0.4) is 0 Å². The summed E-state index contributed by atoms with van der Waals surface area (Å²) in [6.07, 6.45) is 1.73. The van der Waals surface area contributed by atoms with E-state index in [9.17, 15) is 4.79 Å². The first-order valence-electron chi connectivity index (χ1n) is 5.30. The molecular formula is C13H17ClO2. The number of hydrogen-bond donors (Lipinski definition) is 0. The van der Waals surface area contributed by atoms with Crippen LogP contribution < -0.4 is 4.74 Å². The summed E-state index contributed by atoms with van der Waals surface area (Å²) in [6, 6.07) is 5.04. The summed E-state index contributed by atoms with van der Waals surface area (Å²) >= 11 is 5.97. The lowest BCUT2D eigenvalue weighted by Crippen LogP contribution is -2.11. The van der Waals surface area contributed by atoms with E-state index in [0.29, 0.717) is 22.9 Å². The minimum absolute atomic E-state index is 0.245. The second-order valence-electron chi connectivity index (χ2n) is 4.97. The lowest BCUT2D eigenvalue weighted by molar-refractivity contribution is 0.112. The number of carbonyl (C=O) groups excluding carboxylic acids is 1. The molecule has 0 radical (unpaired) electrons. The minimum Gasteiger partial charge on any atom is -0.492 e. The molecule has 0 aliphatic heterocycles. The molecule has 1 rings (SSSR count). The fourth-order valence-corrected chi connectivity index (χ4v) is 1.42. The summed E-state index contributed by atoms with van der Waals surface area (Å²) in [5.41, 5.74) is 0.808. The molecule has 0 aliphatic rings. The van der Waals surface area contributed by atoms with Crippen LogP contribution in [0.25, 0.3) is 0 Å². The van der Waals surface area contributed by atoms with E-state index in [0.717, 1.165) is 12.7 Å². The smallest absolute Gasteiger partial charge is 0.150 e. The standard InChI is InChI=1S/C13H17ClO2/c1-13(2,3)6-7-16-12-5-4-10(9-15)8-11(12)14/h4-5,8-9H,6-7H2,1-3H3. The highest BCUT2D eigenvalue weighted by Gasteiger charge is 2.10. The minimum atomic E-state index is 0.245. The molecule has 16 heavy (non-hydrogen) atoms. The Morgan fingerprint density at radius 2 is 2.06 bits per heavy atom. The van der Waals surface area contributed by atoms with Crippen LogP contribution in [0.1, 0.15) is 37.6 Å². The highest BCUT2D eigenvalue weighted by Crippen LogP contribution is 2.26. The van der Waals surface area contributed by atoms with E-state index in [4.69, 9.17) is 16.3 Å². The van der Waals surface area contributed by atoms with E-state index in [1.54, 1.807) is 18.2 Å². The Bertz CT molecular complexity index is 367. The Kier molecular flexibility index (Phi) is 4.36. The third-order valence-electron chi connectivity index (χ3n) is 2.20. The lowest BCUT2D eigenvalue weighted by Gasteiger charge is -2.18. The largest absolute Gasteiger partial charge is 0.492 e. The number of halogens is 1. The van der Waals surface area contributed by atoms with Gasteiger partial charge in [-0.15, -0.1) is 0 Å². The van der Waals surface area contributed by atoms with Crippen molar-refractivity contribution >= 4 is 17.9 Å². The first-order chi connectivity index (χ1) is 7.42. The Labute approximate surface area is 102 Å². The maximum atomic E-state index is 10.5. The molecule has 0 fully saturated rings. The van der Waals surface area contributed by atoms with Gasteiger partial charge in [-0.25, -0.2) is 0 Å². The van der Waals surface area contributed by atoms with Gasteiger partial charge in [0.2, 0.25) is 0 Å². The van der Waals surface area contributed by atoms with Gasteiger partial charge in [0.1, 0.15) is 12.0 Å². The molecule has 0 atom stereocenters. The van der Waals surface area contributed by atoms with E-state index in [2.05, 4.69) is 20.8 Å². The predicted octanol–water partition coefficient (Wildman–Crippen LogP) is 3.97. The van der Waals surface area contributed by atoms with Gasteiger partial charge in [-0.1, -0.05) is 32.4 Å². The van der Waals surface area contributed by atoms with Gasteiger partial charge in [-0.05, 0) is 30.0 Å². The van der Waals surface area contributed by atoms with Crippen LogP contribution >= 0.6 is 11.6 Å². The molecule has 1 aromatic rings. The Balaban J connectivity index is 2.58. The van der Waals surface area contributed by atoms with Crippen molar-refractivity contribution in [2.75, 3.05) is 6.61 Å². The molecule has 0 spiro atoms. The van der Waals surface area contributed by atoms with Gasteiger partial charge >= 0.3 is 0 Å². The van der Waals surface area contributed by atoms with Crippen molar-refractivity contribution < 1.29 is 9.53 Å². The van der Waals surface area contributed by atoms with Crippen molar-refractivity contribution in [1.82, 2.24) is 0 Å². The van der Waals surface area contributed by atoms with E-state index in [1.165, 1.54) is 0 Å². The van der Waals surface area contributed by atoms with Gasteiger partial charge in [0.15, 0.2) is 0 Å². The highest BCUT2D eigenvalue weighted by molar-refractivity contribution is 6.32. The van der Waals surface area contributed by atoms with Crippen molar-refractivity contribution in [3.05, 3.63) is 28.8 Å². The zero-order valence-electron chi connectivity index (χ0n) is 9.92. The topological polar surface area (TPSA) is 26.3 Å². The van der Waals surface area contributed by atoms with Crippen LogP contribution in [0.15, 0.2) is 18.2 Å². The van der Waals surface area contributed by atoms with Crippen LogP contribution in [0.2, 0.25) is 5.02 Å². The molecule has 0 aliphatic carbocycles. The van der Waals surface area contributed by atoms with Crippen molar-refractivity contribution in [1.29, 1.82) is 0 Å². The second-order valence-corrected chi connectivity index (χ2v) is 5.37. The van der Waals surface area contributed by atoms with Crippen LogP contribution in [-0.4, -0.2) is 12.9 Å². The number of carbonyl (C=O) groups is 1. The van der Waals surface area contributed by atoms with Gasteiger partial charge < -0.3 is 4.74 Å². The molecule has 0 saturated heterocycles. The molecule has 88 valence electrons. The molecule has 0 saturated carbocycles. The molecule has 0 N–H and O–H groups in total. The van der Waals surface area contributed by atoms with Crippen LogP contribution in [-0.2, 0) is 0 Å². The van der Waals surface area contributed by atoms with Crippen LogP contribution in [0.4, 0.5) is 0 Å². The fraction of sp³-hybridized carbons (Fsp3) is 0.462. The number of aldehydes is 1. The van der Waals surface area contributed by atoms with Gasteiger partial charge in [0.05, 0.1) is 11.6 Å². The second kappa shape index (κ2) is 5.35. The number of rotatable bonds is 4. The maximum absolute atomic E-state index is 10.5. The lowest BCUT2D eigenvalue weighted by atomic mass is 9.93. The van der Waals surface area contributed by atoms with E-state index < -0.39 is 0 Å². The molecule has 0 bridgehead atoms. The van der Waals surface area contributed by atoms with Crippen molar-refractivity contribution in [2.45, 2.75) is 27.2 Å². The van der Waals surface area contributed by atoms with Crippen LogP contribution in [0.5, 0.6) is 5.75 Å². The van der Waals surface area contributed by atoms with Gasteiger partial charge in [-0.2, -0.15) is 0 Å². The zero-order valence-corrected chi connectivity index (χ0v) is 10.7. The predicted molar refractivity (Wildman–Crippen MR) is 66.4 cm³/mol. The van der Waals surface area contributed by atoms with Crippen LogP contribution in [0, 0.1) is 5.41 Å². The number of ether oxygens (including phenoxy) is 1. The quantitative estimate of drug-likeness (QED) is 0.745. The molecule has 0 aromatic heterocycles. The number of hydrogen-bond acceptors (Lipinski definition) is 2. The third-order valence-corrected chi connectivity index (χ3v) is 2.50. The molecule has 0 heterocycles. The summed E-state index contributed by atoms with van der Waals surface area (Å²) in [5.74, 6) is 0.636. The Morgan fingerprint density at radius 1 is 1.38 bits per heavy atom. The van der Waals surface area contributed by atoms with E-state index in [1.807, 2.05) is 0 Å². The van der Waals surface area contributed by atoms with Crippen molar-refractivity contribution in [3.63, 3.8) is 0 Å². The zero-order chi connectivity index (χ0) is 12.2. The summed E-state index contributed by atoms with van der Waals surface area (Å²) in [7, 11) is 0. The molecular weight excluding hydrogens is 224 g/mol. The van der Waals surface area contributed by atoms with Gasteiger partial charge in [-0.3, -0.25) is 4.79 Å². The third kappa shape index (κ3) is 4.23. The molecule has 2 nitrogen and oxygen atoms in total. The fourth-order valence-electron chi connectivity index (χ4n) is 1.17. The van der Waals surface area contributed by atoms with Gasteiger partial charge in [0, 0.05) is 5.56 Å². The first kappa shape index (κ1) is 13.0. The SMILES string of the molecule is CC(C)(C)CCOc1ccc(C=O)cc1Cl. The first-order valence-corrected chi connectivity index (χ1v) is 5.68. The average molecular weight is 241 g/mol. The molecule has 0 amide bonds. The Morgan fingerprint density at radius 3 is 2.56 bits per heavy atom. The highest BCUT2D eigenvalue weighted by atomic mass is 35.5. The van der Waals surface area contributed by atoms with Crippen molar-refractivity contribution in [2.24, 2.45) is 5.41 Å². The van der Waals surface area contributed by atoms with Gasteiger partial charge in [0.25, 0.3) is 0 Å². The van der Waals surface area contributed by atoms with Crippen molar-refractivity contribution in [3.8, 4) is 5.75 Å². The van der Waals surface area contributed by atoms with E-state index in [-0.39, 0.29) is 5.41 Å². The summed E-state index contributed by atoms with van der Waals surface area (Å²) in [6.45, 7) is 7.11. The molecule has 0 unspecified atom stereocenters. The monoisotopic (exact) mass is 240 g/mol. The van der Waals surface area contributed by atoms with E-state index >= 15 is 0 Å². The molecule has 1 aromatic carbocycles. The normalized spacial score (nSPS) is 11.2. The number of benzene rings is 1. The molecule has 3 heteroatoms. The summed E-state index contributed by atoms with van der Waals surface area (Å²) < 4.78 is 5.56.